The maximum Gasteiger partial charge on any atom is 0.423 e. The highest BCUT2D eigenvalue weighted by atomic mass is 35.5. The van der Waals surface area contributed by atoms with Gasteiger partial charge in [0, 0.05) is 52.2 Å². The molecule has 206 valence electrons. The number of alkyl halides is 3. The van der Waals surface area contributed by atoms with E-state index in [9.17, 15) is 22.8 Å². The summed E-state index contributed by atoms with van der Waals surface area (Å²) in [4.78, 5) is 38.6. The minimum absolute atomic E-state index is 0.0130. The Morgan fingerprint density at radius 3 is 2.54 bits per heavy atom. The zero-order chi connectivity index (χ0) is 27.6. The molecule has 1 atom stereocenters. The Bertz CT molecular complexity index is 1380. The highest BCUT2D eigenvalue weighted by molar-refractivity contribution is 6.30. The first-order valence-corrected chi connectivity index (χ1v) is 12.8. The third kappa shape index (κ3) is 5.83. The molecule has 2 aliphatic rings. The summed E-state index contributed by atoms with van der Waals surface area (Å²) in [5, 5.41) is 9.21. The number of fused-ring (bicyclic) bond motifs is 1. The third-order valence-electron chi connectivity index (χ3n) is 6.94. The van der Waals surface area contributed by atoms with Crippen molar-refractivity contribution in [3.8, 4) is 0 Å². The summed E-state index contributed by atoms with van der Waals surface area (Å²) in [6, 6.07) is 6.90. The molecule has 0 saturated carbocycles. The SMILES string of the molecule is O=C(CCNC[C@H]1c2ccccc2CN1c1cn[nH]c(=O)c1C(F)(F)F)N1CCN(c2ncc(Cl)cn2)CC1. The Morgan fingerprint density at radius 1 is 1.10 bits per heavy atom. The smallest absolute Gasteiger partial charge is 0.357 e. The van der Waals surface area contributed by atoms with Crippen LogP contribution in [0.15, 0.2) is 47.7 Å². The van der Waals surface area contributed by atoms with Crippen molar-refractivity contribution < 1.29 is 18.0 Å². The minimum Gasteiger partial charge on any atom is -0.357 e. The molecule has 5 rings (SSSR count). The molecule has 39 heavy (non-hydrogen) atoms. The van der Waals surface area contributed by atoms with Gasteiger partial charge in [-0.15, -0.1) is 0 Å². The van der Waals surface area contributed by atoms with E-state index in [-0.39, 0.29) is 31.1 Å². The highest BCUT2D eigenvalue weighted by Gasteiger charge is 2.41. The molecule has 2 aromatic heterocycles. The van der Waals surface area contributed by atoms with Gasteiger partial charge in [0.1, 0.15) is 5.56 Å². The second-order valence-electron chi connectivity index (χ2n) is 9.32. The predicted octanol–water partition coefficient (Wildman–Crippen LogP) is 2.62. The van der Waals surface area contributed by atoms with Gasteiger partial charge in [-0.3, -0.25) is 9.59 Å². The van der Waals surface area contributed by atoms with Crippen LogP contribution < -0.4 is 20.7 Å². The molecular formula is C25H26ClF3N8O2. The molecule has 4 heterocycles. The minimum atomic E-state index is -4.84. The molecule has 0 radical (unpaired) electrons. The molecule has 1 fully saturated rings. The number of nitrogens with zero attached hydrogens (tertiary/aromatic N) is 6. The molecule has 0 bridgehead atoms. The first-order chi connectivity index (χ1) is 18.7. The molecule has 2 N–H and O–H groups in total. The molecule has 1 aromatic carbocycles. The normalized spacial score (nSPS) is 17.4. The lowest BCUT2D eigenvalue weighted by Gasteiger charge is -2.34. The Labute approximate surface area is 226 Å². The number of aromatic nitrogens is 4. The second kappa shape index (κ2) is 11.2. The summed E-state index contributed by atoms with van der Waals surface area (Å²) in [5.41, 5.74) is -1.08. The Kier molecular flexibility index (Phi) is 7.71. The number of nitrogens with one attached hydrogen (secondary N) is 2. The number of H-pyrrole nitrogens is 1. The van der Waals surface area contributed by atoms with Crippen LogP contribution in [0.1, 0.15) is 29.2 Å². The maximum absolute atomic E-state index is 13.8. The van der Waals surface area contributed by atoms with Crippen LogP contribution in [0.4, 0.5) is 24.8 Å². The number of anilines is 2. The van der Waals surface area contributed by atoms with Crippen LogP contribution in [0.2, 0.25) is 5.02 Å². The van der Waals surface area contributed by atoms with Gasteiger partial charge in [-0.1, -0.05) is 35.9 Å². The van der Waals surface area contributed by atoms with Crippen molar-refractivity contribution in [2.24, 2.45) is 0 Å². The number of piperazine rings is 1. The fourth-order valence-electron chi connectivity index (χ4n) is 5.04. The van der Waals surface area contributed by atoms with E-state index in [0.29, 0.717) is 43.7 Å². The number of carbonyl (C=O) groups excluding carboxylic acids is 1. The predicted molar refractivity (Wildman–Crippen MR) is 139 cm³/mol. The second-order valence-corrected chi connectivity index (χ2v) is 9.76. The molecule has 10 nitrogen and oxygen atoms in total. The number of rotatable bonds is 7. The van der Waals surface area contributed by atoms with E-state index in [1.165, 1.54) is 12.4 Å². The van der Waals surface area contributed by atoms with Crippen LogP contribution in [0.5, 0.6) is 0 Å². The molecular weight excluding hydrogens is 537 g/mol. The zero-order valence-corrected chi connectivity index (χ0v) is 21.5. The average molecular weight is 563 g/mol. The van der Waals surface area contributed by atoms with E-state index in [2.05, 4.69) is 20.4 Å². The topological polar surface area (TPSA) is 110 Å². The molecule has 2 aliphatic heterocycles. The number of amides is 1. The van der Waals surface area contributed by atoms with Gasteiger partial charge in [0.2, 0.25) is 11.9 Å². The van der Waals surface area contributed by atoms with E-state index in [1.807, 2.05) is 34.3 Å². The number of carbonyl (C=O) groups is 1. The molecule has 3 aromatic rings. The largest absolute Gasteiger partial charge is 0.423 e. The van der Waals surface area contributed by atoms with Gasteiger partial charge in [0.05, 0.1) is 35.3 Å². The van der Waals surface area contributed by atoms with Crippen molar-refractivity contribution in [2.75, 3.05) is 49.1 Å². The summed E-state index contributed by atoms with van der Waals surface area (Å²) in [6.45, 7) is 3.11. The number of hydrogen-bond acceptors (Lipinski definition) is 8. The standard InChI is InChI=1S/C25H26ClF3N8O2/c26-17-11-31-24(32-12-17)36-9-7-35(8-10-36)21(38)5-6-30-13-19-18-4-2-1-3-16(18)15-37(19)20-14-33-34-23(39)22(20)25(27,28)29/h1-4,11-12,14,19,30H,5-10,13,15H2,(H,34,39)/t19-/m0/s1. The fraction of sp³-hybridized carbons (Fsp3) is 0.400. The number of hydrogen-bond donors (Lipinski definition) is 2. The van der Waals surface area contributed by atoms with Gasteiger partial charge in [0.25, 0.3) is 5.56 Å². The van der Waals surface area contributed by atoms with Crippen molar-refractivity contribution in [2.45, 2.75) is 25.2 Å². The van der Waals surface area contributed by atoms with E-state index in [1.54, 1.807) is 9.80 Å². The van der Waals surface area contributed by atoms with E-state index < -0.39 is 23.3 Å². The first-order valence-electron chi connectivity index (χ1n) is 12.4. The van der Waals surface area contributed by atoms with Crippen LogP contribution in [0, 0.1) is 0 Å². The Hall–Kier alpha value is -3.71. The van der Waals surface area contributed by atoms with Gasteiger partial charge >= 0.3 is 6.18 Å². The van der Waals surface area contributed by atoms with E-state index in [0.717, 1.165) is 17.3 Å². The quantitative estimate of drug-likeness (QED) is 0.423. The van der Waals surface area contributed by atoms with Crippen LogP contribution in [0.3, 0.4) is 0 Å². The van der Waals surface area contributed by atoms with Gasteiger partial charge < -0.3 is 20.0 Å². The molecule has 1 amide bonds. The number of benzene rings is 1. The van der Waals surface area contributed by atoms with Crippen LogP contribution in [0.25, 0.3) is 0 Å². The zero-order valence-electron chi connectivity index (χ0n) is 20.8. The van der Waals surface area contributed by atoms with Gasteiger partial charge in [-0.25, -0.2) is 15.1 Å². The van der Waals surface area contributed by atoms with Crippen LogP contribution in [-0.2, 0) is 17.5 Å². The van der Waals surface area contributed by atoms with Crippen molar-refractivity contribution >= 4 is 29.1 Å². The van der Waals surface area contributed by atoms with Crippen molar-refractivity contribution in [3.05, 3.63) is 74.9 Å². The monoisotopic (exact) mass is 562 g/mol. The van der Waals surface area contributed by atoms with Crippen molar-refractivity contribution in [3.63, 3.8) is 0 Å². The van der Waals surface area contributed by atoms with Gasteiger partial charge in [-0.2, -0.15) is 18.3 Å². The third-order valence-corrected chi connectivity index (χ3v) is 7.13. The average Bonchev–Trinajstić information content (AvgIpc) is 3.29. The van der Waals surface area contributed by atoms with Crippen molar-refractivity contribution in [1.82, 2.24) is 30.4 Å². The highest BCUT2D eigenvalue weighted by Crippen LogP contribution is 2.41. The lowest BCUT2D eigenvalue weighted by molar-refractivity contribution is -0.138. The lowest BCUT2D eigenvalue weighted by Crippen LogP contribution is -2.49. The van der Waals surface area contributed by atoms with E-state index >= 15 is 0 Å². The van der Waals surface area contributed by atoms with E-state index in [4.69, 9.17) is 11.6 Å². The summed E-state index contributed by atoms with van der Waals surface area (Å²) in [7, 11) is 0. The molecule has 0 aliphatic carbocycles. The Balaban J connectivity index is 1.19. The number of aromatic amines is 1. The van der Waals surface area contributed by atoms with Crippen LogP contribution in [-0.4, -0.2) is 70.2 Å². The Morgan fingerprint density at radius 2 is 1.82 bits per heavy atom. The number of halogens is 4. The molecule has 0 unspecified atom stereocenters. The summed E-state index contributed by atoms with van der Waals surface area (Å²) in [5.74, 6) is 0.555. The molecule has 1 saturated heterocycles. The molecule has 14 heteroatoms. The van der Waals surface area contributed by atoms with Crippen molar-refractivity contribution in [1.29, 1.82) is 0 Å². The summed E-state index contributed by atoms with van der Waals surface area (Å²) in [6.07, 6.45) is -0.483. The summed E-state index contributed by atoms with van der Waals surface area (Å²) >= 11 is 5.85. The summed E-state index contributed by atoms with van der Waals surface area (Å²) < 4.78 is 41.3. The molecule has 0 spiro atoms. The fourth-order valence-corrected chi connectivity index (χ4v) is 5.13. The van der Waals surface area contributed by atoms with Gasteiger partial charge in [0.15, 0.2) is 0 Å². The first kappa shape index (κ1) is 26.9. The van der Waals surface area contributed by atoms with Crippen LogP contribution >= 0.6 is 11.6 Å². The van der Waals surface area contributed by atoms with Gasteiger partial charge in [-0.05, 0) is 11.1 Å². The maximum atomic E-state index is 13.8. The lowest BCUT2D eigenvalue weighted by atomic mass is 10.0.